The number of carbonyl (C=O) groups is 2. The maximum Gasteiger partial charge on any atom is 0.264 e. The molecule has 1 saturated carbocycles. The Morgan fingerprint density at radius 2 is 1.60 bits per heavy atom. The first kappa shape index (κ1) is 29.6. The van der Waals surface area contributed by atoms with Crippen LogP contribution in [0, 0.1) is 13.8 Å². The van der Waals surface area contributed by atoms with Crippen molar-refractivity contribution in [3.05, 3.63) is 94.5 Å². The maximum atomic E-state index is 14.1. The van der Waals surface area contributed by atoms with Gasteiger partial charge in [-0.1, -0.05) is 73.0 Å². The van der Waals surface area contributed by atoms with Crippen molar-refractivity contribution in [1.29, 1.82) is 0 Å². The van der Waals surface area contributed by atoms with Crippen molar-refractivity contribution in [2.75, 3.05) is 10.8 Å². The van der Waals surface area contributed by atoms with Gasteiger partial charge < -0.3 is 10.2 Å². The van der Waals surface area contributed by atoms with Crippen molar-refractivity contribution >= 4 is 39.1 Å². The number of sulfonamides is 1. The highest BCUT2D eigenvalue weighted by Gasteiger charge is 2.34. The number of amides is 2. The molecule has 0 unspecified atom stereocenters. The third-order valence-corrected chi connectivity index (χ3v) is 9.53. The molecule has 1 aliphatic carbocycles. The van der Waals surface area contributed by atoms with Gasteiger partial charge in [0, 0.05) is 17.6 Å². The molecule has 0 aliphatic heterocycles. The number of aryl methyl sites for hydroxylation is 2. The van der Waals surface area contributed by atoms with Gasteiger partial charge in [0.1, 0.15) is 12.6 Å². The first-order valence-electron chi connectivity index (χ1n) is 13.6. The van der Waals surface area contributed by atoms with Gasteiger partial charge >= 0.3 is 0 Å². The fraction of sp³-hybridized carbons (Fsp3) is 0.355. The van der Waals surface area contributed by atoms with Crippen LogP contribution in [0.25, 0.3) is 0 Å². The van der Waals surface area contributed by atoms with Gasteiger partial charge in [-0.25, -0.2) is 8.42 Å². The molecule has 1 N–H and O–H groups in total. The first-order chi connectivity index (χ1) is 19.1. The zero-order valence-corrected chi connectivity index (χ0v) is 24.7. The van der Waals surface area contributed by atoms with Crippen LogP contribution in [-0.4, -0.2) is 43.8 Å². The molecule has 7 nitrogen and oxygen atoms in total. The number of hydrogen-bond acceptors (Lipinski definition) is 4. The van der Waals surface area contributed by atoms with Crippen molar-refractivity contribution in [2.24, 2.45) is 0 Å². The second-order valence-corrected chi connectivity index (χ2v) is 12.7. The standard InChI is InChI=1S/C31H36ClN3O4S/c1-22-11-7-8-12-25(22)20-34(24(3)31(37)33-27-13-9-10-14-27)30(36)21-35(29-19-26(32)18-17-23(29)2)40(38,39)28-15-5-4-6-16-28/h4-8,11-12,15-19,24,27H,9-10,13-14,20-21H2,1-3H3,(H,33,37)/t24-/m1/s1. The largest absolute Gasteiger partial charge is 0.352 e. The summed E-state index contributed by atoms with van der Waals surface area (Å²) >= 11 is 6.28. The highest BCUT2D eigenvalue weighted by atomic mass is 35.5. The molecule has 4 rings (SSSR count). The number of halogens is 1. The predicted octanol–water partition coefficient (Wildman–Crippen LogP) is 5.63. The predicted molar refractivity (Wildman–Crippen MR) is 159 cm³/mol. The minimum Gasteiger partial charge on any atom is -0.352 e. The summed E-state index contributed by atoms with van der Waals surface area (Å²) in [7, 11) is -4.14. The number of benzene rings is 3. The van der Waals surface area contributed by atoms with E-state index < -0.39 is 28.5 Å². The lowest BCUT2D eigenvalue weighted by atomic mass is 10.1. The number of nitrogens with one attached hydrogen (secondary N) is 1. The Bertz CT molecular complexity index is 1460. The van der Waals surface area contributed by atoms with Crippen LogP contribution in [0.1, 0.15) is 49.3 Å². The fourth-order valence-electron chi connectivity index (χ4n) is 5.03. The summed E-state index contributed by atoms with van der Waals surface area (Å²) < 4.78 is 29.0. The van der Waals surface area contributed by atoms with Crippen LogP contribution in [0.15, 0.2) is 77.7 Å². The molecule has 1 aliphatic rings. The molecule has 3 aromatic rings. The van der Waals surface area contributed by atoms with E-state index in [0.29, 0.717) is 16.3 Å². The van der Waals surface area contributed by atoms with Gasteiger partial charge in [0.2, 0.25) is 11.8 Å². The van der Waals surface area contributed by atoms with Crippen LogP contribution in [0.4, 0.5) is 5.69 Å². The average molecular weight is 582 g/mol. The average Bonchev–Trinajstić information content (AvgIpc) is 3.45. The molecule has 0 aromatic heterocycles. The van der Waals surface area contributed by atoms with Crippen molar-refractivity contribution < 1.29 is 18.0 Å². The Kier molecular flexibility index (Phi) is 9.53. The van der Waals surface area contributed by atoms with E-state index in [0.717, 1.165) is 41.1 Å². The highest BCUT2D eigenvalue weighted by molar-refractivity contribution is 7.92. The van der Waals surface area contributed by atoms with Crippen LogP contribution >= 0.6 is 11.6 Å². The molecule has 0 radical (unpaired) electrons. The molecule has 0 saturated heterocycles. The van der Waals surface area contributed by atoms with Crippen LogP contribution in [-0.2, 0) is 26.2 Å². The van der Waals surface area contributed by atoms with Gasteiger partial charge in [-0.2, -0.15) is 0 Å². The lowest BCUT2D eigenvalue weighted by Crippen LogP contribution is -2.52. The zero-order chi connectivity index (χ0) is 28.9. The minimum absolute atomic E-state index is 0.0552. The van der Waals surface area contributed by atoms with E-state index in [1.54, 1.807) is 50.2 Å². The second-order valence-electron chi connectivity index (χ2n) is 10.4. The third-order valence-electron chi connectivity index (χ3n) is 7.52. The van der Waals surface area contributed by atoms with Crippen molar-refractivity contribution in [3.8, 4) is 0 Å². The normalized spacial score (nSPS) is 14.5. The molecular weight excluding hydrogens is 546 g/mol. The Morgan fingerprint density at radius 3 is 2.27 bits per heavy atom. The summed E-state index contributed by atoms with van der Waals surface area (Å²) in [5.41, 5.74) is 2.81. The van der Waals surface area contributed by atoms with Crippen LogP contribution in [0.3, 0.4) is 0 Å². The Morgan fingerprint density at radius 1 is 0.950 bits per heavy atom. The number of hydrogen-bond donors (Lipinski definition) is 1. The Labute approximate surface area is 242 Å². The van der Waals surface area contributed by atoms with Crippen molar-refractivity contribution in [1.82, 2.24) is 10.2 Å². The molecule has 9 heteroatoms. The molecule has 212 valence electrons. The van der Waals surface area contributed by atoms with Crippen LogP contribution < -0.4 is 9.62 Å². The molecular formula is C31H36ClN3O4S. The smallest absolute Gasteiger partial charge is 0.264 e. The summed E-state index contributed by atoms with van der Waals surface area (Å²) in [6.45, 7) is 5.08. The van der Waals surface area contributed by atoms with E-state index in [1.807, 2.05) is 31.2 Å². The van der Waals surface area contributed by atoms with E-state index in [1.165, 1.54) is 17.0 Å². The minimum atomic E-state index is -4.14. The van der Waals surface area contributed by atoms with Gasteiger partial charge in [-0.05, 0) is 74.6 Å². The molecule has 1 fully saturated rings. The quantitative estimate of drug-likeness (QED) is 0.336. The van der Waals surface area contributed by atoms with Crippen LogP contribution in [0.2, 0.25) is 5.02 Å². The van der Waals surface area contributed by atoms with Gasteiger partial charge in [0.05, 0.1) is 10.6 Å². The molecule has 1 atom stereocenters. The molecule has 0 spiro atoms. The van der Waals surface area contributed by atoms with Crippen molar-refractivity contribution in [2.45, 2.75) is 70.0 Å². The Balaban J connectivity index is 1.72. The molecule has 3 aromatic carbocycles. The topological polar surface area (TPSA) is 86.8 Å². The molecule has 0 bridgehead atoms. The number of anilines is 1. The summed E-state index contributed by atoms with van der Waals surface area (Å²) in [6.07, 6.45) is 3.97. The number of carbonyl (C=O) groups excluding carboxylic acids is 2. The van der Waals surface area contributed by atoms with Gasteiger partial charge in [-0.3, -0.25) is 13.9 Å². The summed E-state index contributed by atoms with van der Waals surface area (Å²) in [5, 5.41) is 3.44. The van der Waals surface area contributed by atoms with Gasteiger partial charge in [0.15, 0.2) is 0 Å². The van der Waals surface area contributed by atoms with Gasteiger partial charge in [0.25, 0.3) is 10.0 Å². The SMILES string of the molecule is Cc1ccccc1CN(C(=O)CN(c1cc(Cl)ccc1C)S(=O)(=O)c1ccccc1)[C@H](C)C(=O)NC1CCCC1. The molecule has 0 heterocycles. The first-order valence-corrected chi connectivity index (χ1v) is 15.4. The second kappa shape index (κ2) is 12.9. The third kappa shape index (κ3) is 6.85. The van der Waals surface area contributed by atoms with E-state index in [9.17, 15) is 18.0 Å². The lowest BCUT2D eigenvalue weighted by Gasteiger charge is -2.33. The van der Waals surface area contributed by atoms with Crippen molar-refractivity contribution in [3.63, 3.8) is 0 Å². The number of nitrogens with zero attached hydrogens (tertiary/aromatic N) is 2. The van der Waals surface area contributed by atoms with Crippen LogP contribution in [0.5, 0.6) is 0 Å². The summed E-state index contributed by atoms with van der Waals surface area (Å²) in [4.78, 5) is 29.0. The van der Waals surface area contributed by atoms with E-state index in [4.69, 9.17) is 11.6 Å². The Hall–Kier alpha value is -3.36. The maximum absolute atomic E-state index is 14.1. The highest BCUT2D eigenvalue weighted by Crippen LogP contribution is 2.30. The molecule has 2 amide bonds. The lowest BCUT2D eigenvalue weighted by molar-refractivity contribution is -0.139. The fourth-order valence-corrected chi connectivity index (χ4v) is 6.69. The van der Waals surface area contributed by atoms with Gasteiger partial charge in [-0.15, -0.1) is 0 Å². The molecule has 40 heavy (non-hydrogen) atoms. The number of rotatable bonds is 10. The zero-order valence-electron chi connectivity index (χ0n) is 23.1. The van der Waals surface area contributed by atoms with E-state index >= 15 is 0 Å². The summed E-state index contributed by atoms with van der Waals surface area (Å²) in [6, 6.07) is 19.9. The summed E-state index contributed by atoms with van der Waals surface area (Å²) in [5.74, 6) is -0.735. The van der Waals surface area contributed by atoms with E-state index in [2.05, 4.69) is 5.32 Å². The van der Waals surface area contributed by atoms with E-state index in [-0.39, 0.29) is 23.4 Å². The monoisotopic (exact) mass is 581 g/mol.